The molecule has 1 amide bonds. The molecule has 1 N–H and O–H groups in total. The fourth-order valence-corrected chi connectivity index (χ4v) is 4.06. The van der Waals surface area contributed by atoms with E-state index in [0.717, 1.165) is 13.0 Å². The zero-order chi connectivity index (χ0) is 18.2. The largest absolute Gasteiger partial charge is 0.481 e. The molecule has 1 fully saturated rings. The van der Waals surface area contributed by atoms with Gasteiger partial charge < -0.3 is 10.0 Å². The average molecular weight is 343 g/mol. The van der Waals surface area contributed by atoms with Gasteiger partial charge in [-0.1, -0.05) is 39.0 Å². The third-order valence-electron chi connectivity index (χ3n) is 5.82. The molecule has 2 aliphatic rings. The van der Waals surface area contributed by atoms with Crippen LogP contribution in [0.2, 0.25) is 0 Å². The lowest BCUT2D eigenvalue weighted by Gasteiger charge is -2.34. The van der Waals surface area contributed by atoms with Gasteiger partial charge in [0, 0.05) is 19.0 Å². The lowest BCUT2D eigenvalue weighted by molar-refractivity contribution is -0.146. The van der Waals surface area contributed by atoms with Gasteiger partial charge in [0.05, 0.1) is 5.92 Å². The maximum Gasteiger partial charge on any atom is 0.306 e. The van der Waals surface area contributed by atoms with E-state index in [1.165, 1.54) is 16.7 Å². The number of aliphatic carboxylic acids is 1. The van der Waals surface area contributed by atoms with Crippen molar-refractivity contribution >= 4 is 11.9 Å². The molecule has 25 heavy (non-hydrogen) atoms. The zero-order valence-electron chi connectivity index (χ0n) is 15.5. The third-order valence-corrected chi connectivity index (χ3v) is 5.82. The van der Waals surface area contributed by atoms with Crippen molar-refractivity contribution in [1.29, 1.82) is 0 Å². The molecule has 1 aliphatic carbocycles. The fraction of sp³-hybridized carbons (Fsp3) is 0.619. The number of carbonyl (C=O) groups excluding carboxylic acids is 1. The van der Waals surface area contributed by atoms with Crippen molar-refractivity contribution in [3.05, 3.63) is 34.9 Å². The van der Waals surface area contributed by atoms with E-state index in [0.29, 0.717) is 32.2 Å². The van der Waals surface area contributed by atoms with Crippen molar-refractivity contribution in [2.45, 2.75) is 64.8 Å². The number of hydrogen-bond acceptors (Lipinski definition) is 2. The van der Waals surface area contributed by atoms with Crippen LogP contribution >= 0.6 is 0 Å². The predicted octanol–water partition coefficient (Wildman–Crippen LogP) is 3.76. The SMILES string of the molecule is CC(C)(C)c1ccc2c(c1)CN(C(=O)C1CCC(C(=O)O)CC1)CC2. The van der Waals surface area contributed by atoms with Crippen LogP contribution in [0.15, 0.2) is 18.2 Å². The quantitative estimate of drug-likeness (QED) is 0.889. The second-order valence-electron chi connectivity index (χ2n) is 8.63. The van der Waals surface area contributed by atoms with Gasteiger partial charge in [-0.05, 0) is 54.2 Å². The van der Waals surface area contributed by atoms with Gasteiger partial charge in [0.25, 0.3) is 0 Å². The standard InChI is InChI=1S/C21H29NO3/c1-21(2,3)18-9-8-14-10-11-22(13-17(14)12-18)19(23)15-4-6-16(7-5-15)20(24)25/h8-9,12,15-16H,4-7,10-11,13H2,1-3H3,(H,24,25). The van der Waals surface area contributed by atoms with E-state index in [1.54, 1.807) is 0 Å². The average Bonchev–Trinajstić information content (AvgIpc) is 2.59. The van der Waals surface area contributed by atoms with Crippen molar-refractivity contribution in [3.8, 4) is 0 Å². The summed E-state index contributed by atoms with van der Waals surface area (Å²) in [6.45, 7) is 8.10. The minimum absolute atomic E-state index is 0.00273. The summed E-state index contributed by atoms with van der Waals surface area (Å²) < 4.78 is 0. The van der Waals surface area contributed by atoms with Crippen LogP contribution in [-0.2, 0) is 28.0 Å². The fourth-order valence-electron chi connectivity index (χ4n) is 4.06. The Morgan fingerprint density at radius 3 is 2.28 bits per heavy atom. The number of carboxylic acid groups (broad SMARTS) is 1. The first-order valence-corrected chi connectivity index (χ1v) is 9.39. The summed E-state index contributed by atoms with van der Waals surface area (Å²) in [6, 6.07) is 6.69. The molecular formula is C21H29NO3. The van der Waals surface area contributed by atoms with Crippen LogP contribution in [0.4, 0.5) is 0 Å². The molecule has 1 aromatic carbocycles. The highest BCUT2D eigenvalue weighted by atomic mass is 16.4. The lowest BCUT2D eigenvalue weighted by atomic mass is 9.81. The summed E-state index contributed by atoms with van der Waals surface area (Å²) in [5.74, 6) is -0.758. The first-order chi connectivity index (χ1) is 11.8. The van der Waals surface area contributed by atoms with Crippen LogP contribution in [-0.4, -0.2) is 28.4 Å². The van der Waals surface area contributed by atoms with E-state index < -0.39 is 5.97 Å². The Bertz CT molecular complexity index is 666. The predicted molar refractivity (Wildman–Crippen MR) is 97.3 cm³/mol. The van der Waals surface area contributed by atoms with Gasteiger partial charge in [0.1, 0.15) is 0 Å². The molecule has 0 atom stereocenters. The molecule has 136 valence electrons. The van der Waals surface area contributed by atoms with Crippen LogP contribution < -0.4 is 0 Å². The number of hydrogen-bond donors (Lipinski definition) is 1. The summed E-state index contributed by atoms with van der Waals surface area (Å²) in [6.07, 6.45) is 3.59. The monoisotopic (exact) mass is 343 g/mol. The molecular weight excluding hydrogens is 314 g/mol. The number of amides is 1. The van der Waals surface area contributed by atoms with Gasteiger partial charge in [-0.25, -0.2) is 0 Å². The molecule has 0 bridgehead atoms. The Balaban J connectivity index is 1.68. The minimum Gasteiger partial charge on any atom is -0.481 e. The molecule has 0 unspecified atom stereocenters. The second kappa shape index (κ2) is 6.81. The highest BCUT2D eigenvalue weighted by Crippen LogP contribution is 2.32. The highest BCUT2D eigenvalue weighted by Gasteiger charge is 2.33. The molecule has 0 spiro atoms. The van der Waals surface area contributed by atoms with Crippen molar-refractivity contribution in [1.82, 2.24) is 4.90 Å². The van der Waals surface area contributed by atoms with E-state index in [9.17, 15) is 9.59 Å². The Labute approximate surface area is 150 Å². The molecule has 0 saturated heterocycles. The third kappa shape index (κ3) is 3.88. The topological polar surface area (TPSA) is 57.6 Å². The molecule has 1 aromatic rings. The maximum atomic E-state index is 12.9. The van der Waals surface area contributed by atoms with Crippen molar-refractivity contribution < 1.29 is 14.7 Å². The van der Waals surface area contributed by atoms with Crippen LogP contribution in [0.1, 0.15) is 63.1 Å². The van der Waals surface area contributed by atoms with Crippen LogP contribution in [0.5, 0.6) is 0 Å². The van der Waals surface area contributed by atoms with Crippen molar-refractivity contribution in [2.24, 2.45) is 11.8 Å². The second-order valence-corrected chi connectivity index (χ2v) is 8.63. The number of rotatable bonds is 2. The molecule has 0 aromatic heterocycles. The van der Waals surface area contributed by atoms with Crippen LogP contribution in [0.25, 0.3) is 0 Å². The Hall–Kier alpha value is -1.84. The minimum atomic E-state index is -0.715. The highest BCUT2D eigenvalue weighted by molar-refractivity contribution is 5.80. The molecule has 1 aliphatic heterocycles. The molecule has 4 heteroatoms. The van der Waals surface area contributed by atoms with Gasteiger partial charge in [0.15, 0.2) is 0 Å². The first-order valence-electron chi connectivity index (χ1n) is 9.39. The zero-order valence-corrected chi connectivity index (χ0v) is 15.5. The summed E-state index contributed by atoms with van der Waals surface area (Å²) in [5, 5.41) is 9.12. The number of benzene rings is 1. The van der Waals surface area contributed by atoms with Crippen molar-refractivity contribution in [3.63, 3.8) is 0 Å². The van der Waals surface area contributed by atoms with E-state index in [2.05, 4.69) is 39.0 Å². The Morgan fingerprint density at radius 2 is 1.68 bits per heavy atom. The molecule has 4 nitrogen and oxygen atoms in total. The first kappa shape index (κ1) is 18.0. The lowest BCUT2D eigenvalue weighted by Crippen LogP contribution is -2.41. The van der Waals surface area contributed by atoms with Gasteiger partial charge in [0.2, 0.25) is 5.91 Å². The summed E-state index contributed by atoms with van der Waals surface area (Å²) >= 11 is 0. The van der Waals surface area contributed by atoms with E-state index >= 15 is 0 Å². The normalized spacial score (nSPS) is 23.9. The van der Waals surface area contributed by atoms with Crippen molar-refractivity contribution in [2.75, 3.05) is 6.54 Å². The van der Waals surface area contributed by atoms with E-state index in [-0.39, 0.29) is 23.2 Å². The number of carbonyl (C=O) groups is 2. The van der Waals surface area contributed by atoms with Crippen LogP contribution in [0.3, 0.4) is 0 Å². The van der Waals surface area contributed by atoms with Gasteiger partial charge in [-0.15, -0.1) is 0 Å². The van der Waals surface area contributed by atoms with Crippen LogP contribution in [0, 0.1) is 11.8 Å². The number of carboxylic acids is 1. The Kier molecular flexibility index (Phi) is 4.90. The Morgan fingerprint density at radius 1 is 1.04 bits per heavy atom. The molecule has 1 saturated carbocycles. The van der Waals surface area contributed by atoms with Gasteiger partial charge >= 0.3 is 5.97 Å². The van der Waals surface area contributed by atoms with E-state index in [4.69, 9.17) is 5.11 Å². The maximum absolute atomic E-state index is 12.9. The summed E-state index contributed by atoms with van der Waals surface area (Å²) in [4.78, 5) is 26.0. The summed E-state index contributed by atoms with van der Waals surface area (Å²) in [7, 11) is 0. The summed E-state index contributed by atoms with van der Waals surface area (Å²) in [5.41, 5.74) is 4.04. The molecule has 1 heterocycles. The van der Waals surface area contributed by atoms with E-state index in [1.807, 2.05) is 4.90 Å². The van der Waals surface area contributed by atoms with Gasteiger partial charge in [-0.2, -0.15) is 0 Å². The molecule has 0 radical (unpaired) electrons. The molecule has 3 rings (SSSR count). The van der Waals surface area contributed by atoms with Gasteiger partial charge in [-0.3, -0.25) is 9.59 Å². The smallest absolute Gasteiger partial charge is 0.306 e. The number of nitrogens with zero attached hydrogens (tertiary/aromatic N) is 1. The number of fused-ring (bicyclic) bond motifs is 1.